The first-order valence-electron chi connectivity index (χ1n) is 2.97. The minimum absolute atomic E-state index is 0.136. The van der Waals surface area contributed by atoms with Crippen LogP contribution < -0.4 is 3.97 Å². The molecule has 0 aliphatic carbocycles. The van der Waals surface area contributed by atoms with Crippen molar-refractivity contribution in [2.75, 3.05) is 0 Å². The van der Waals surface area contributed by atoms with Gasteiger partial charge in [0.05, 0.1) is 5.56 Å². The third-order valence-corrected chi connectivity index (χ3v) is 1.94. The number of nitrogens with zero attached hydrogens (tertiary/aromatic N) is 1. The first-order valence-corrected chi connectivity index (χ1v) is 4.33. The van der Waals surface area contributed by atoms with Crippen molar-refractivity contribution in [3.63, 3.8) is 0 Å². The molecule has 0 unspecified atom stereocenters. The highest BCUT2D eigenvalue weighted by Crippen LogP contribution is 1.89. The van der Waals surface area contributed by atoms with Gasteiger partial charge in [-0.3, -0.25) is 4.79 Å². The van der Waals surface area contributed by atoms with Crippen LogP contribution in [0.3, 0.4) is 0 Å². The van der Waals surface area contributed by atoms with E-state index >= 15 is 0 Å². The Morgan fingerprint density at radius 1 is 1.50 bits per heavy atom. The van der Waals surface area contributed by atoms with Gasteiger partial charge in [-0.1, -0.05) is 0 Å². The van der Waals surface area contributed by atoms with E-state index in [4.69, 9.17) is 0 Å². The van der Waals surface area contributed by atoms with Crippen LogP contribution in [0, 0.1) is 0 Å². The molecule has 0 aromatic carbocycles. The van der Waals surface area contributed by atoms with Crippen molar-refractivity contribution < 1.29 is 21.7 Å². The predicted octanol–water partition coefficient (Wildman–Crippen LogP) is -0.905. The van der Waals surface area contributed by atoms with Crippen molar-refractivity contribution in [3.8, 4) is 0 Å². The van der Waals surface area contributed by atoms with Gasteiger partial charge in [0.2, 0.25) is 0 Å². The maximum Gasteiger partial charge on any atom is 0.329 e. The van der Waals surface area contributed by atoms with E-state index in [9.17, 15) is 17.8 Å². The Labute approximate surface area is 69.2 Å². The average molecular weight is 187 g/mol. The topological polar surface area (TPSA) is 78.1 Å². The van der Waals surface area contributed by atoms with Gasteiger partial charge in [-0.25, -0.2) is 0 Å². The fourth-order valence-corrected chi connectivity index (χ4v) is 1.15. The van der Waals surface area contributed by atoms with Crippen LogP contribution in [0.1, 0.15) is 10.4 Å². The van der Waals surface area contributed by atoms with Crippen LogP contribution in [0.25, 0.3) is 0 Å². The lowest BCUT2D eigenvalue weighted by Crippen LogP contribution is -2.41. The van der Waals surface area contributed by atoms with Crippen LogP contribution in [0.2, 0.25) is 0 Å². The van der Waals surface area contributed by atoms with Gasteiger partial charge in [-0.15, -0.1) is 3.97 Å². The SMILES string of the molecule is O=Cc1ccc[n+](S(=O)(=O)[O-])c1. The molecular formula is C6H5NO4S. The smallest absolute Gasteiger partial charge is 0.329 e. The van der Waals surface area contributed by atoms with Crippen molar-refractivity contribution in [2.45, 2.75) is 0 Å². The molecule has 0 aliphatic heterocycles. The van der Waals surface area contributed by atoms with E-state index in [1.54, 1.807) is 0 Å². The maximum absolute atomic E-state index is 10.4. The van der Waals surface area contributed by atoms with Crippen molar-refractivity contribution in [1.82, 2.24) is 0 Å². The fourth-order valence-electron chi connectivity index (χ4n) is 0.681. The van der Waals surface area contributed by atoms with Gasteiger partial charge in [0, 0.05) is 6.07 Å². The molecular weight excluding hydrogens is 182 g/mol. The van der Waals surface area contributed by atoms with Crippen LogP contribution in [0.4, 0.5) is 0 Å². The summed E-state index contributed by atoms with van der Waals surface area (Å²) in [6, 6.07) is 2.70. The van der Waals surface area contributed by atoms with Gasteiger partial charge in [0.15, 0.2) is 18.7 Å². The molecule has 0 bridgehead atoms. The number of carbonyl (C=O) groups is 1. The number of hydrogen-bond acceptors (Lipinski definition) is 4. The summed E-state index contributed by atoms with van der Waals surface area (Å²) in [5, 5.41) is 0. The number of pyridine rings is 1. The summed E-state index contributed by atoms with van der Waals surface area (Å²) < 4.78 is 31.6. The lowest BCUT2D eigenvalue weighted by Gasteiger charge is -1.98. The molecule has 0 saturated carbocycles. The molecule has 0 radical (unpaired) electrons. The molecule has 0 spiro atoms. The van der Waals surface area contributed by atoms with E-state index in [1.807, 2.05) is 0 Å². The molecule has 1 aromatic rings. The molecule has 0 N–H and O–H groups in total. The van der Waals surface area contributed by atoms with E-state index in [1.165, 1.54) is 12.1 Å². The first kappa shape index (κ1) is 8.82. The summed E-state index contributed by atoms with van der Waals surface area (Å²) in [6.45, 7) is 0. The third kappa shape index (κ3) is 1.86. The Hall–Kier alpha value is -1.27. The molecule has 0 amide bonds. The fraction of sp³-hybridized carbons (Fsp3) is 0. The second-order valence-electron chi connectivity index (χ2n) is 2.04. The zero-order valence-electron chi connectivity index (χ0n) is 5.88. The summed E-state index contributed by atoms with van der Waals surface area (Å²) in [6.07, 6.45) is 2.48. The molecule has 1 heterocycles. The Morgan fingerprint density at radius 3 is 2.67 bits per heavy atom. The zero-order chi connectivity index (χ0) is 9.19. The number of carbonyl (C=O) groups excluding carboxylic acids is 1. The Balaban J connectivity index is 3.29. The summed E-state index contributed by atoms with van der Waals surface area (Å²) in [5.74, 6) is 0. The van der Waals surface area contributed by atoms with Gasteiger partial charge in [-0.05, 0) is 6.07 Å². The van der Waals surface area contributed by atoms with Crippen LogP contribution >= 0.6 is 0 Å². The second-order valence-corrected chi connectivity index (χ2v) is 3.32. The Kier molecular flexibility index (Phi) is 2.20. The number of rotatable bonds is 2. The summed E-state index contributed by atoms with van der Waals surface area (Å²) >= 11 is 0. The molecule has 0 fully saturated rings. The van der Waals surface area contributed by atoms with Crippen LogP contribution in [0.5, 0.6) is 0 Å². The normalized spacial score (nSPS) is 11.1. The quantitative estimate of drug-likeness (QED) is 0.341. The van der Waals surface area contributed by atoms with E-state index < -0.39 is 10.3 Å². The molecule has 0 saturated heterocycles. The maximum atomic E-state index is 10.4. The molecule has 0 aliphatic rings. The van der Waals surface area contributed by atoms with Crippen molar-refractivity contribution in [1.29, 1.82) is 0 Å². The van der Waals surface area contributed by atoms with Gasteiger partial charge in [0.25, 0.3) is 0 Å². The average Bonchev–Trinajstić information content (AvgIpc) is 2.03. The van der Waals surface area contributed by atoms with Crippen LogP contribution in [-0.2, 0) is 10.3 Å². The summed E-state index contributed by atoms with van der Waals surface area (Å²) in [4.78, 5) is 10.2. The van der Waals surface area contributed by atoms with E-state index in [0.717, 1.165) is 12.4 Å². The third-order valence-electron chi connectivity index (χ3n) is 1.19. The molecule has 1 aromatic heterocycles. The highest BCUT2D eigenvalue weighted by Gasteiger charge is 2.07. The standard InChI is InChI=1S/C6H5NO4S/c8-5-6-2-1-3-7(4-6)12(9,10)11/h1-5H. The lowest BCUT2D eigenvalue weighted by atomic mass is 10.3. The number of aldehydes is 1. The van der Waals surface area contributed by atoms with Crippen molar-refractivity contribution in [3.05, 3.63) is 30.1 Å². The molecule has 0 atom stereocenters. The van der Waals surface area contributed by atoms with Gasteiger partial charge < -0.3 is 4.55 Å². The summed E-state index contributed by atoms with van der Waals surface area (Å²) in [5.41, 5.74) is 0.136. The van der Waals surface area contributed by atoms with E-state index in [2.05, 4.69) is 0 Å². The van der Waals surface area contributed by atoms with Gasteiger partial charge in [-0.2, -0.15) is 8.42 Å². The van der Waals surface area contributed by atoms with E-state index in [-0.39, 0.29) is 5.56 Å². The van der Waals surface area contributed by atoms with Gasteiger partial charge >= 0.3 is 10.3 Å². The Morgan fingerprint density at radius 2 is 2.17 bits per heavy atom. The van der Waals surface area contributed by atoms with Crippen LogP contribution in [-0.4, -0.2) is 19.3 Å². The minimum Gasteiger partial charge on any atom is -0.693 e. The number of aromatic nitrogens is 1. The van der Waals surface area contributed by atoms with Crippen molar-refractivity contribution in [2.24, 2.45) is 0 Å². The zero-order valence-corrected chi connectivity index (χ0v) is 6.69. The number of hydrogen-bond donors (Lipinski definition) is 0. The largest absolute Gasteiger partial charge is 0.693 e. The summed E-state index contributed by atoms with van der Waals surface area (Å²) in [7, 11) is -4.53. The van der Waals surface area contributed by atoms with E-state index in [0.29, 0.717) is 10.3 Å². The molecule has 6 heteroatoms. The molecule has 5 nitrogen and oxygen atoms in total. The van der Waals surface area contributed by atoms with Crippen molar-refractivity contribution >= 4 is 16.6 Å². The minimum atomic E-state index is -4.53. The van der Waals surface area contributed by atoms with Gasteiger partial charge in [0.1, 0.15) is 0 Å². The predicted molar refractivity (Wildman–Crippen MR) is 37.1 cm³/mol. The molecule has 1 rings (SSSR count). The molecule has 64 valence electrons. The second kappa shape index (κ2) is 3.00. The Bertz CT molecular complexity index is 398. The monoisotopic (exact) mass is 187 g/mol. The molecule has 12 heavy (non-hydrogen) atoms. The highest BCUT2D eigenvalue weighted by atomic mass is 32.2. The lowest BCUT2D eigenvalue weighted by molar-refractivity contribution is -0.519. The first-order chi connectivity index (χ1) is 5.54. The highest BCUT2D eigenvalue weighted by molar-refractivity contribution is 7.78. The van der Waals surface area contributed by atoms with Crippen LogP contribution in [0.15, 0.2) is 24.5 Å².